The van der Waals surface area contributed by atoms with Gasteiger partial charge in [-0.25, -0.2) is 0 Å². The molecule has 1 saturated heterocycles. The molecule has 1 aliphatic heterocycles. The van der Waals surface area contributed by atoms with Crippen LogP contribution in [-0.4, -0.2) is 19.0 Å². The first-order valence-corrected chi connectivity index (χ1v) is 4.45. The molecular weight excluding hydrogens is 152 g/mol. The van der Waals surface area contributed by atoms with Crippen molar-refractivity contribution in [3.8, 4) is 0 Å². The molecule has 1 aliphatic rings. The number of Topliss-reactive ketones (excluding diaryl/α,β-unsaturated/α-hetero) is 1. The van der Waals surface area contributed by atoms with Gasteiger partial charge >= 0.3 is 0 Å². The molecular formula is C10H18O2. The average Bonchev–Trinajstić information content (AvgIpc) is 1.82. The Bertz CT molecular complexity index is 185. The summed E-state index contributed by atoms with van der Waals surface area (Å²) in [7, 11) is 0. The zero-order valence-electron chi connectivity index (χ0n) is 8.44. The van der Waals surface area contributed by atoms with Crippen molar-refractivity contribution in [3.05, 3.63) is 0 Å². The summed E-state index contributed by atoms with van der Waals surface area (Å²) in [4.78, 5) is 11.6. The highest BCUT2D eigenvalue weighted by Gasteiger charge is 2.38. The summed E-state index contributed by atoms with van der Waals surface area (Å²) in [6.45, 7) is 9.51. The third kappa shape index (κ3) is 2.07. The van der Waals surface area contributed by atoms with E-state index >= 15 is 0 Å². The molecule has 1 heterocycles. The first-order valence-electron chi connectivity index (χ1n) is 4.45. The molecule has 2 heteroatoms. The lowest BCUT2D eigenvalue weighted by Crippen LogP contribution is -2.43. The Morgan fingerprint density at radius 3 is 2.17 bits per heavy atom. The Balaban J connectivity index is 2.46. The van der Waals surface area contributed by atoms with E-state index in [9.17, 15) is 4.79 Å². The van der Waals surface area contributed by atoms with E-state index in [1.165, 1.54) is 0 Å². The topological polar surface area (TPSA) is 26.3 Å². The first-order chi connectivity index (χ1) is 5.33. The number of ether oxygens (including phenoxy) is 1. The van der Waals surface area contributed by atoms with Gasteiger partial charge in [0.25, 0.3) is 0 Å². The van der Waals surface area contributed by atoms with Crippen LogP contribution in [0.25, 0.3) is 0 Å². The molecule has 0 spiro atoms. The zero-order chi connectivity index (χ0) is 9.41. The van der Waals surface area contributed by atoms with Gasteiger partial charge in [0.05, 0.1) is 13.2 Å². The first kappa shape index (κ1) is 9.72. The maximum atomic E-state index is 11.6. The molecule has 70 valence electrons. The van der Waals surface area contributed by atoms with Gasteiger partial charge in [0.2, 0.25) is 0 Å². The van der Waals surface area contributed by atoms with Crippen LogP contribution in [0.15, 0.2) is 0 Å². The van der Waals surface area contributed by atoms with Crippen LogP contribution in [0.2, 0.25) is 0 Å². The maximum Gasteiger partial charge on any atom is 0.138 e. The molecule has 0 bridgehead atoms. The van der Waals surface area contributed by atoms with E-state index in [1.54, 1.807) is 0 Å². The van der Waals surface area contributed by atoms with Gasteiger partial charge in [-0.05, 0) is 0 Å². The second-order valence-corrected chi connectivity index (χ2v) is 5.15. The van der Waals surface area contributed by atoms with Crippen molar-refractivity contribution in [2.24, 2.45) is 10.8 Å². The van der Waals surface area contributed by atoms with Gasteiger partial charge in [0.15, 0.2) is 0 Å². The second kappa shape index (κ2) is 2.84. The molecule has 1 rings (SSSR count). The highest BCUT2D eigenvalue weighted by molar-refractivity contribution is 5.84. The monoisotopic (exact) mass is 170 g/mol. The third-order valence-electron chi connectivity index (χ3n) is 2.32. The van der Waals surface area contributed by atoms with Gasteiger partial charge in [0.1, 0.15) is 5.78 Å². The van der Waals surface area contributed by atoms with E-state index in [2.05, 4.69) is 6.92 Å². The van der Waals surface area contributed by atoms with Crippen LogP contribution in [0.1, 0.15) is 34.1 Å². The number of carbonyl (C=O) groups is 1. The smallest absolute Gasteiger partial charge is 0.138 e. The fourth-order valence-corrected chi connectivity index (χ4v) is 1.21. The van der Waals surface area contributed by atoms with Crippen molar-refractivity contribution in [1.82, 2.24) is 0 Å². The molecule has 0 atom stereocenters. The Morgan fingerprint density at radius 2 is 1.92 bits per heavy atom. The fourth-order valence-electron chi connectivity index (χ4n) is 1.21. The van der Waals surface area contributed by atoms with Gasteiger partial charge in [-0.1, -0.05) is 27.7 Å². The molecule has 0 radical (unpaired) electrons. The molecule has 0 aliphatic carbocycles. The average molecular weight is 170 g/mol. The lowest BCUT2D eigenvalue weighted by molar-refractivity contribution is -0.143. The van der Waals surface area contributed by atoms with Crippen molar-refractivity contribution >= 4 is 5.78 Å². The normalized spacial score (nSPS) is 21.7. The van der Waals surface area contributed by atoms with Crippen LogP contribution in [0.5, 0.6) is 0 Å². The summed E-state index contributed by atoms with van der Waals surface area (Å²) < 4.78 is 5.10. The minimum absolute atomic E-state index is 0.129. The van der Waals surface area contributed by atoms with E-state index in [0.29, 0.717) is 12.2 Å². The van der Waals surface area contributed by atoms with Crippen LogP contribution in [0, 0.1) is 10.8 Å². The van der Waals surface area contributed by atoms with Crippen LogP contribution in [0.4, 0.5) is 0 Å². The van der Waals surface area contributed by atoms with E-state index in [0.717, 1.165) is 13.2 Å². The van der Waals surface area contributed by atoms with Crippen molar-refractivity contribution < 1.29 is 9.53 Å². The molecule has 12 heavy (non-hydrogen) atoms. The summed E-state index contributed by atoms with van der Waals surface area (Å²) in [6, 6.07) is 0. The molecule has 2 nitrogen and oxygen atoms in total. The molecule has 0 aromatic heterocycles. The molecule has 1 fully saturated rings. The molecule has 0 aromatic rings. The Labute approximate surface area is 74.3 Å². The standard InChI is InChI=1S/C10H18O2/c1-9(2,3)8(11)5-10(4)6-12-7-10/h5-7H2,1-4H3. The number of hydrogen-bond donors (Lipinski definition) is 0. The van der Waals surface area contributed by atoms with Crippen molar-refractivity contribution in [2.75, 3.05) is 13.2 Å². The third-order valence-corrected chi connectivity index (χ3v) is 2.32. The Kier molecular flexibility index (Phi) is 2.30. The minimum atomic E-state index is -0.196. The lowest BCUT2D eigenvalue weighted by atomic mass is 9.77. The van der Waals surface area contributed by atoms with Crippen molar-refractivity contribution in [2.45, 2.75) is 34.1 Å². The summed E-state index contributed by atoms with van der Waals surface area (Å²) in [5, 5.41) is 0. The van der Waals surface area contributed by atoms with Crippen molar-refractivity contribution in [3.63, 3.8) is 0 Å². The summed E-state index contributed by atoms with van der Waals surface area (Å²) in [6.07, 6.45) is 0.663. The van der Waals surface area contributed by atoms with Crippen LogP contribution < -0.4 is 0 Å². The highest BCUT2D eigenvalue weighted by atomic mass is 16.5. The SMILES string of the molecule is CC1(CC(=O)C(C)(C)C)COC1. The van der Waals surface area contributed by atoms with Crippen LogP contribution in [0.3, 0.4) is 0 Å². The van der Waals surface area contributed by atoms with Gasteiger partial charge < -0.3 is 4.74 Å². The van der Waals surface area contributed by atoms with Gasteiger partial charge in [-0.2, -0.15) is 0 Å². The molecule has 0 N–H and O–H groups in total. The predicted octanol–water partition coefficient (Wildman–Crippen LogP) is 2.03. The van der Waals surface area contributed by atoms with E-state index in [4.69, 9.17) is 4.74 Å². The van der Waals surface area contributed by atoms with E-state index in [-0.39, 0.29) is 10.8 Å². The Hall–Kier alpha value is -0.370. The van der Waals surface area contributed by atoms with E-state index in [1.807, 2.05) is 20.8 Å². The fraction of sp³-hybridized carbons (Fsp3) is 0.900. The van der Waals surface area contributed by atoms with Crippen molar-refractivity contribution in [1.29, 1.82) is 0 Å². The van der Waals surface area contributed by atoms with Gasteiger partial charge in [-0.3, -0.25) is 4.79 Å². The second-order valence-electron chi connectivity index (χ2n) is 5.15. The summed E-state index contributed by atoms with van der Waals surface area (Å²) >= 11 is 0. The van der Waals surface area contributed by atoms with Gasteiger partial charge in [-0.15, -0.1) is 0 Å². The maximum absolute atomic E-state index is 11.6. The Morgan fingerprint density at radius 1 is 1.42 bits per heavy atom. The minimum Gasteiger partial charge on any atom is -0.380 e. The summed E-state index contributed by atoms with van der Waals surface area (Å²) in [5.74, 6) is 0.341. The number of carbonyl (C=O) groups excluding carboxylic acids is 1. The number of rotatable bonds is 2. The lowest BCUT2D eigenvalue weighted by Gasteiger charge is -2.38. The molecule has 0 aromatic carbocycles. The highest BCUT2D eigenvalue weighted by Crippen LogP contribution is 2.33. The van der Waals surface area contributed by atoms with Gasteiger partial charge in [0, 0.05) is 17.3 Å². The summed E-state index contributed by atoms with van der Waals surface area (Å²) in [5.41, 5.74) is -0.0665. The number of hydrogen-bond acceptors (Lipinski definition) is 2. The van der Waals surface area contributed by atoms with E-state index < -0.39 is 0 Å². The predicted molar refractivity (Wildman–Crippen MR) is 48.0 cm³/mol. The largest absolute Gasteiger partial charge is 0.380 e. The molecule has 0 unspecified atom stereocenters. The molecule has 0 saturated carbocycles. The zero-order valence-corrected chi connectivity index (χ0v) is 8.44. The van der Waals surface area contributed by atoms with Crippen LogP contribution in [-0.2, 0) is 9.53 Å². The number of ketones is 1. The van der Waals surface area contributed by atoms with Crippen LogP contribution >= 0.6 is 0 Å². The molecule has 0 amide bonds. The quantitative estimate of drug-likeness (QED) is 0.634.